The molecule has 11 nitrogen and oxygen atoms in total. The molecule has 0 radical (unpaired) electrons. The lowest BCUT2D eigenvalue weighted by atomic mass is 9.96. The topological polar surface area (TPSA) is 129 Å². The van der Waals surface area contributed by atoms with E-state index in [9.17, 15) is 9.18 Å². The summed E-state index contributed by atoms with van der Waals surface area (Å²) in [6.07, 6.45) is 4.06. The first-order chi connectivity index (χ1) is 24.4. The van der Waals surface area contributed by atoms with Gasteiger partial charge < -0.3 is 24.5 Å². The second kappa shape index (κ2) is 15.6. The van der Waals surface area contributed by atoms with E-state index >= 15 is 0 Å². The zero-order chi connectivity index (χ0) is 36.2. The normalized spacial score (nSPS) is 18.6. The van der Waals surface area contributed by atoms with Gasteiger partial charge in [0.05, 0.1) is 67.1 Å². The molecule has 270 valence electrons. The van der Waals surface area contributed by atoms with Gasteiger partial charge in [0.1, 0.15) is 18.2 Å². The van der Waals surface area contributed by atoms with E-state index in [1.807, 2.05) is 64.3 Å². The Morgan fingerprint density at radius 1 is 1.12 bits per heavy atom. The number of benzene rings is 2. The van der Waals surface area contributed by atoms with Gasteiger partial charge in [0, 0.05) is 36.4 Å². The third-order valence-corrected chi connectivity index (χ3v) is 9.98. The van der Waals surface area contributed by atoms with E-state index in [1.165, 1.54) is 6.07 Å². The van der Waals surface area contributed by atoms with Gasteiger partial charge in [0.15, 0.2) is 6.73 Å². The van der Waals surface area contributed by atoms with Gasteiger partial charge in [-0.15, -0.1) is 0 Å². The summed E-state index contributed by atoms with van der Waals surface area (Å²) in [6, 6.07) is 17.9. The predicted molar refractivity (Wildman–Crippen MR) is 191 cm³/mol. The lowest BCUT2D eigenvalue weighted by Crippen LogP contribution is -2.50. The van der Waals surface area contributed by atoms with Crippen molar-refractivity contribution in [2.75, 3.05) is 47.1 Å². The number of aromatic nitrogens is 3. The van der Waals surface area contributed by atoms with Crippen LogP contribution in [0.15, 0.2) is 54.6 Å². The number of hydrogen-bond donors (Lipinski definition) is 1. The Balaban J connectivity index is 1.14. The van der Waals surface area contributed by atoms with Crippen molar-refractivity contribution in [3.63, 3.8) is 0 Å². The summed E-state index contributed by atoms with van der Waals surface area (Å²) in [6.45, 7) is 8.41. The molecule has 2 fully saturated rings. The number of nitrogens with zero attached hydrogens (tertiary/aromatic N) is 6. The van der Waals surface area contributed by atoms with Crippen molar-refractivity contribution in [3.05, 3.63) is 88.6 Å². The van der Waals surface area contributed by atoms with Crippen LogP contribution < -0.4 is 10.5 Å². The minimum Gasteiger partial charge on any atom is -0.473 e. The summed E-state index contributed by atoms with van der Waals surface area (Å²) >= 11 is 0. The molecule has 12 heteroatoms. The van der Waals surface area contributed by atoms with Gasteiger partial charge in [0.2, 0.25) is 5.88 Å². The van der Waals surface area contributed by atoms with Gasteiger partial charge in [-0.2, -0.15) is 5.26 Å². The second-order valence-electron chi connectivity index (χ2n) is 14.9. The fraction of sp³-hybridized carbons (Fsp3) is 0.487. The number of rotatable bonds is 13. The lowest BCUT2D eigenvalue weighted by Gasteiger charge is -2.31. The van der Waals surface area contributed by atoms with Crippen molar-refractivity contribution in [1.82, 2.24) is 19.4 Å². The molecule has 2 N–H and O–H groups in total. The Morgan fingerprint density at radius 3 is 2.67 bits per heavy atom. The third kappa shape index (κ3) is 8.80. The summed E-state index contributed by atoms with van der Waals surface area (Å²) in [7, 11) is 3.71. The molecule has 1 amide bonds. The molecule has 2 saturated heterocycles. The van der Waals surface area contributed by atoms with Gasteiger partial charge >= 0.3 is 5.91 Å². The molecule has 2 aliphatic rings. The fourth-order valence-corrected chi connectivity index (χ4v) is 6.50. The number of carbonyl (C=O) groups excluding carboxylic acids is 1. The van der Waals surface area contributed by atoms with Gasteiger partial charge in [0.25, 0.3) is 0 Å². The van der Waals surface area contributed by atoms with E-state index < -0.39 is 11.4 Å². The average Bonchev–Trinajstić information content (AvgIpc) is 3.26. The molecule has 0 spiro atoms. The van der Waals surface area contributed by atoms with Crippen LogP contribution in [0.5, 0.6) is 5.88 Å². The number of nitrogens with two attached hydrogens (primary N) is 1. The van der Waals surface area contributed by atoms with E-state index in [2.05, 4.69) is 9.47 Å². The number of quaternary nitrogens is 1. The van der Waals surface area contributed by atoms with E-state index in [1.54, 1.807) is 18.2 Å². The SMILES string of the molecule is CC(C)(CN)OC[N+](C)(C)C(=O)c1ccc2nc(CN3CCCC(c4cccc(OCc5ccc(C#N)cc5F)n4)CC3)n(CC3CCO3)c2c1. The Bertz CT molecular complexity index is 1900. The first-order valence-corrected chi connectivity index (χ1v) is 17.8. The van der Waals surface area contributed by atoms with Crippen LogP contribution in [0, 0.1) is 17.1 Å². The van der Waals surface area contributed by atoms with Gasteiger partial charge in [-0.3, -0.25) is 4.90 Å². The molecular formula is C39H49FN7O4+. The maximum Gasteiger partial charge on any atom is 0.347 e. The highest BCUT2D eigenvalue weighted by Crippen LogP contribution is 2.30. The molecule has 0 aliphatic carbocycles. The summed E-state index contributed by atoms with van der Waals surface area (Å²) in [5, 5.41) is 9.01. The molecular weight excluding hydrogens is 649 g/mol. The smallest absolute Gasteiger partial charge is 0.347 e. The molecule has 0 saturated carbocycles. The highest BCUT2D eigenvalue weighted by Gasteiger charge is 2.32. The Hall–Kier alpha value is -4.25. The number of ether oxygens (including phenoxy) is 3. The van der Waals surface area contributed by atoms with Crippen molar-refractivity contribution >= 4 is 16.9 Å². The minimum absolute atomic E-state index is 0.0352. The Morgan fingerprint density at radius 2 is 1.94 bits per heavy atom. The fourth-order valence-electron chi connectivity index (χ4n) is 6.50. The average molecular weight is 699 g/mol. The van der Waals surface area contributed by atoms with Crippen LogP contribution in [-0.2, 0) is 29.2 Å². The highest BCUT2D eigenvalue weighted by atomic mass is 19.1. The predicted octanol–water partition coefficient (Wildman–Crippen LogP) is 5.51. The van der Waals surface area contributed by atoms with Crippen molar-refractivity contribution in [1.29, 1.82) is 5.26 Å². The monoisotopic (exact) mass is 698 g/mol. The minimum atomic E-state index is -0.520. The van der Waals surface area contributed by atoms with Gasteiger partial charge in [-0.25, -0.2) is 23.6 Å². The van der Waals surface area contributed by atoms with Crippen LogP contribution in [0.3, 0.4) is 0 Å². The number of nitriles is 1. The van der Waals surface area contributed by atoms with Crippen molar-refractivity contribution < 1.29 is 27.9 Å². The molecule has 2 unspecified atom stereocenters. The number of halogens is 1. The lowest BCUT2D eigenvalue weighted by molar-refractivity contribution is -0.832. The van der Waals surface area contributed by atoms with Crippen LogP contribution >= 0.6 is 0 Å². The summed E-state index contributed by atoms with van der Waals surface area (Å²) in [4.78, 5) is 26.1. The highest BCUT2D eigenvalue weighted by molar-refractivity contribution is 5.93. The molecule has 2 atom stereocenters. The number of pyridine rings is 1. The number of likely N-dealkylation sites (tertiary alicyclic amines) is 1. The van der Waals surface area contributed by atoms with Gasteiger partial charge in [-0.05, 0) is 89.0 Å². The number of amides is 1. The first kappa shape index (κ1) is 36.5. The molecule has 4 aromatic rings. The second-order valence-corrected chi connectivity index (χ2v) is 14.9. The Labute approximate surface area is 299 Å². The maximum absolute atomic E-state index is 14.4. The largest absolute Gasteiger partial charge is 0.473 e. The van der Waals surface area contributed by atoms with Crippen LogP contribution in [0.2, 0.25) is 0 Å². The number of imidazole rings is 1. The molecule has 4 heterocycles. The Kier molecular flexibility index (Phi) is 11.1. The molecule has 6 rings (SSSR count). The first-order valence-electron chi connectivity index (χ1n) is 17.8. The van der Waals surface area contributed by atoms with Crippen LogP contribution in [0.1, 0.15) is 78.5 Å². The zero-order valence-electron chi connectivity index (χ0n) is 30.1. The molecule has 2 aromatic carbocycles. The quantitative estimate of drug-likeness (QED) is 0.142. The molecule has 0 bridgehead atoms. The third-order valence-electron chi connectivity index (χ3n) is 9.98. The van der Waals surface area contributed by atoms with E-state index in [0.29, 0.717) is 36.6 Å². The van der Waals surface area contributed by atoms with Crippen LogP contribution in [0.4, 0.5) is 4.39 Å². The van der Waals surface area contributed by atoms with Crippen molar-refractivity contribution in [3.8, 4) is 11.9 Å². The zero-order valence-corrected chi connectivity index (χ0v) is 30.1. The number of hydrogen-bond acceptors (Lipinski definition) is 9. The number of carbonyl (C=O) groups is 1. The van der Waals surface area contributed by atoms with Gasteiger partial charge in [-0.1, -0.05) is 12.1 Å². The van der Waals surface area contributed by atoms with Crippen molar-refractivity contribution in [2.24, 2.45) is 5.73 Å². The molecule has 2 aliphatic heterocycles. The summed E-state index contributed by atoms with van der Waals surface area (Å²) in [5.41, 5.74) is 9.36. The summed E-state index contributed by atoms with van der Waals surface area (Å²) in [5.74, 6) is 1.18. The molecule has 51 heavy (non-hydrogen) atoms. The maximum atomic E-state index is 14.4. The van der Waals surface area contributed by atoms with Crippen LogP contribution in [0.25, 0.3) is 11.0 Å². The van der Waals surface area contributed by atoms with E-state index in [4.69, 9.17) is 35.2 Å². The molecule has 2 aromatic heterocycles. The van der Waals surface area contributed by atoms with Crippen LogP contribution in [-0.4, -0.2) is 88.6 Å². The van der Waals surface area contributed by atoms with E-state index in [0.717, 1.165) is 67.9 Å². The number of fused-ring (bicyclic) bond motifs is 1. The van der Waals surface area contributed by atoms with Crippen molar-refractivity contribution in [2.45, 2.75) is 76.9 Å². The summed E-state index contributed by atoms with van der Waals surface area (Å²) < 4.78 is 34.4. The van der Waals surface area contributed by atoms with E-state index in [-0.39, 0.29) is 41.3 Å². The standard InChI is InChI=1S/C39H49FN7O4/c1-39(2,25-42)51-26-47(3,4)38(48)29-12-13-34-35(20-29)46(22-31-15-18-49-31)36(43-34)23-45-16-6-7-28(14-17-45)33-8-5-9-37(44-33)50-24-30-11-10-27(21-41)19-32(30)40/h5,8-13,19-20,28,31H,6-7,14-18,22-26,42H2,1-4H3/q+1.